The third-order valence-corrected chi connectivity index (χ3v) is 4.19. The second-order valence-electron chi connectivity index (χ2n) is 5.77. The average Bonchev–Trinajstić information content (AvgIpc) is 3.03. The maximum absolute atomic E-state index is 11.9. The number of nitrogens with zero attached hydrogens (tertiary/aromatic N) is 1. The van der Waals surface area contributed by atoms with E-state index in [-0.39, 0.29) is 5.91 Å². The van der Waals surface area contributed by atoms with Crippen molar-refractivity contribution < 1.29 is 4.79 Å². The average molecular weight is 239 g/mol. The lowest BCUT2D eigenvalue weighted by Crippen LogP contribution is -2.63. The molecule has 2 unspecified atom stereocenters. The summed E-state index contributed by atoms with van der Waals surface area (Å²) in [6.07, 6.45) is 3.52. The van der Waals surface area contributed by atoms with E-state index in [0.717, 1.165) is 44.9 Å². The molecule has 0 aromatic heterocycles. The molecule has 0 aromatic carbocycles. The van der Waals surface area contributed by atoms with Crippen LogP contribution in [-0.4, -0.2) is 42.5 Å². The topological polar surface area (TPSA) is 58.4 Å². The van der Waals surface area contributed by atoms with Crippen LogP contribution in [0.1, 0.15) is 33.1 Å². The zero-order chi connectivity index (χ0) is 12.5. The number of carbonyl (C=O) groups is 1. The van der Waals surface area contributed by atoms with Gasteiger partial charge in [0.2, 0.25) is 5.91 Å². The van der Waals surface area contributed by atoms with Crippen molar-refractivity contribution in [1.82, 2.24) is 10.2 Å². The number of hydrogen-bond donors (Lipinski definition) is 2. The first-order valence-electron chi connectivity index (χ1n) is 6.85. The van der Waals surface area contributed by atoms with Crippen LogP contribution in [0.4, 0.5) is 0 Å². The fraction of sp³-hybridized carbons (Fsp3) is 0.923. The van der Waals surface area contributed by atoms with Crippen LogP contribution >= 0.6 is 0 Å². The predicted octanol–water partition coefficient (Wildman–Crippen LogP) is 0.572. The molecule has 4 nitrogen and oxygen atoms in total. The van der Waals surface area contributed by atoms with Gasteiger partial charge in [0.25, 0.3) is 0 Å². The van der Waals surface area contributed by atoms with Crippen molar-refractivity contribution in [2.45, 2.75) is 38.6 Å². The maximum Gasteiger partial charge on any atom is 0.239 e. The Hall–Kier alpha value is -0.610. The van der Waals surface area contributed by atoms with Gasteiger partial charge in [-0.2, -0.15) is 0 Å². The minimum absolute atomic E-state index is 0.165. The molecule has 98 valence electrons. The number of nitrogens with one attached hydrogen (secondary N) is 1. The molecule has 0 spiro atoms. The van der Waals surface area contributed by atoms with Gasteiger partial charge in [0.15, 0.2) is 0 Å². The van der Waals surface area contributed by atoms with Gasteiger partial charge in [-0.05, 0) is 44.2 Å². The molecular formula is C13H25N3O. The van der Waals surface area contributed by atoms with Gasteiger partial charge in [-0.15, -0.1) is 0 Å². The second-order valence-corrected chi connectivity index (χ2v) is 5.77. The van der Waals surface area contributed by atoms with Gasteiger partial charge in [-0.1, -0.05) is 13.8 Å². The lowest BCUT2D eigenvalue weighted by Gasteiger charge is -2.35. The second kappa shape index (κ2) is 4.94. The molecule has 2 rings (SSSR count). The summed E-state index contributed by atoms with van der Waals surface area (Å²) in [7, 11) is 0. The third-order valence-electron chi connectivity index (χ3n) is 4.19. The molecule has 17 heavy (non-hydrogen) atoms. The predicted molar refractivity (Wildman–Crippen MR) is 68.5 cm³/mol. The van der Waals surface area contributed by atoms with Crippen LogP contribution in [0.3, 0.4) is 0 Å². The lowest BCUT2D eigenvalue weighted by atomic mass is 9.91. The smallest absolute Gasteiger partial charge is 0.239 e. The van der Waals surface area contributed by atoms with Gasteiger partial charge in [-0.3, -0.25) is 4.79 Å². The number of likely N-dealkylation sites (N-methyl/N-ethyl adjacent to an activating group) is 1. The van der Waals surface area contributed by atoms with Crippen molar-refractivity contribution >= 4 is 5.91 Å². The van der Waals surface area contributed by atoms with Crippen molar-refractivity contribution in [1.29, 1.82) is 0 Å². The normalized spacial score (nSPS) is 29.2. The van der Waals surface area contributed by atoms with Crippen LogP contribution in [-0.2, 0) is 4.79 Å². The Balaban J connectivity index is 2.06. The number of carbonyl (C=O) groups excluding carboxylic acids is 1. The van der Waals surface area contributed by atoms with Gasteiger partial charge in [0, 0.05) is 13.1 Å². The van der Waals surface area contributed by atoms with Gasteiger partial charge in [0.05, 0.1) is 0 Å². The van der Waals surface area contributed by atoms with Crippen LogP contribution in [0.25, 0.3) is 0 Å². The highest BCUT2D eigenvalue weighted by atomic mass is 16.1. The Kier molecular flexibility index (Phi) is 3.73. The highest BCUT2D eigenvalue weighted by molar-refractivity contribution is 5.86. The highest BCUT2D eigenvalue weighted by Crippen LogP contribution is 2.40. The van der Waals surface area contributed by atoms with Crippen LogP contribution in [0.2, 0.25) is 0 Å². The largest absolute Gasteiger partial charge is 0.368 e. The van der Waals surface area contributed by atoms with Crippen molar-refractivity contribution in [2.75, 3.05) is 26.2 Å². The van der Waals surface area contributed by atoms with E-state index in [9.17, 15) is 4.79 Å². The van der Waals surface area contributed by atoms with Crippen LogP contribution in [0, 0.1) is 11.8 Å². The van der Waals surface area contributed by atoms with E-state index in [1.54, 1.807) is 0 Å². The highest BCUT2D eigenvalue weighted by Gasteiger charge is 2.50. The lowest BCUT2D eigenvalue weighted by molar-refractivity contribution is -0.126. The number of hydrogen-bond acceptors (Lipinski definition) is 3. The molecule has 1 aliphatic carbocycles. The molecule has 1 saturated heterocycles. The van der Waals surface area contributed by atoms with Crippen molar-refractivity contribution in [3.05, 3.63) is 0 Å². The number of likely N-dealkylation sites (tertiary alicyclic amines) is 1. The maximum atomic E-state index is 11.9. The molecule has 1 aliphatic heterocycles. The SMILES string of the molecule is CCNC(CN1CCC(C)C1)(C(N)=O)C1CC1. The van der Waals surface area contributed by atoms with E-state index in [2.05, 4.69) is 17.1 Å². The molecule has 3 N–H and O–H groups in total. The van der Waals surface area contributed by atoms with E-state index in [0.29, 0.717) is 5.92 Å². The molecule has 2 fully saturated rings. The zero-order valence-electron chi connectivity index (χ0n) is 11.0. The summed E-state index contributed by atoms with van der Waals surface area (Å²) in [5.74, 6) is 1.04. The summed E-state index contributed by atoms with van der Waals surface area (Å²) in [6.45, 7) is 8.14. The summed E-state index contributed by atoms with van der Waals surface area (Å²) in [5.41, 5.74) is 5.21. The van der Waals surface area contributed by atoms with E-state index < -0.39 is 5.54 Å². The Morgan fingerprint density at radius 2 is 2.18 bits per heavy atom. The monoisotopic (exact) mass is 239 g/mol. The summed E-state index contributed by atoms with van der Waals surface area (Å²) in [4.78, 5) is 14.3. The zero-order valence-corrected chi connectivity index (χ0v) is 11.0. The molecule has 1 heterocycles. The molecular weight excluding hydrogens is 214 g/mol. The van der Waals surface area contributed by atoms with Crippen molar-refractivity contribution in [2.24, 2.45) is 17.6 Å². The minimum Gasteiger partial charge on any atom is -0.368 e. The number of nitrogens with two attached hydrogens (primary N) is 1. The summed E-state index contributed by atoms with van der Waals surface area (Å²) in [5, 5.41) is 3.38. The van der Waals surface area contributed by atoms with Crippen LogP contribution < -0.4 is 11.1 Å². The molecule has 1 saturated carbocycles. The van der Waals surface area contributed by atoms with Crippen LogP contribution in [0.15, 0.2) is 0 Å². The van der Waals surface area contributed by atoms with E-state index in [4.69, 9.17) is 5.73 Å². The number of amides is 1. The van der Waals surface area contributed by atoms with Crippen molar-refractivity contribution in [3.63, 3.8) is 0 Å². The Labute approximate surface area is 104 Å². The summed E-state index contributed by atoms with van der Waals surface area (Å²) >= 11 is 0. The molecule has 2 aliphatic rings. The molecule has 0 aromatic rings. The summed E-state index contributed by atoms with van der Waals surface area (Å²) in [6, 6.07) is 0. The minimum atomic E-state index is -0.473. The molecule has 0 bridgehead atoms. The van der Waals surface area contributed by atoms with Gasteiger partial charge < -0.3 is 16.0 Å². The Bertz CT molecular complexity index is 290. The van der Waals surface area contributed by atoms with Crippen molar-refractivity contribution in [3.8, 4) is 0 Å². The van der Waals surface area contributed by atoms with Gasteiger partial charge >= 0.3 is 0 Å². The molecule has 2 atom stereocenters. The number of primary amides is 1. The Morgan fingerprint density at radius 1 is 1.47 bits per heavy atom. The first-order valence-corrected chi connectivity index (χ1v) is 6.85. The molecule has 1 amide bonds. The van der Waals surface area contributed by atoms with E-state index in [1.807, 2.05) is 6.92 Å². The molecule has 4 heteroatoms. The van der Waals surface area contributed by atoms with Gasteiger partial charge in [0.1, 0.15) is 5.54 Å². The van der Waals surface area contributed by atoms with Gasteiger partial charge in [-0.25, -0.2) is 0 Å². The van der Waals surface area contributed by atoms with E-state index >= 15 is 0 Å². The first-order chi connectivity index (χ1) is 8.08. The Morgan fingerprint density at radius 3 is 2.59 bits per heavy atom. The first kappa shape index (κ1) is 12.8. The third kappa shape index (κ3) is 2.63. The summed E-state index contributed by atoms with van der Waals surface area (Å²) < 4.78 is 0. The van der Waals surface area contributed by atoms with E-state index in [1.165, 1.54) is 6.42 Å². The molecule has 0 radical (unpaired) electrons. The standard InChI is InChI=1S/C13H25N3O/c1-3-15-13(12(14)17,11-4-5-11)9-16-7-6-10(2)8-16/h10-11,15H,3-9H2,1-2H3,(H2,14,17). The quantitative estimate of drug-likeness (QED) is 0.712. The fourth-order valence-corrected chi connectivity index (χ4v) is 3.11. The fourth-order valence-electron chi connectivity index (χ4n) is 3.11. The van der Waals surface area contributed by atoms with Crippen LogP contribution in [0.5, 0.6) is 0 Å². The number of rotatable bonds is 6.